The highest BCUT2D eigenvalue weighted by atomic mass is 19.1. The number of aliphatic hydroxyl groups excluding tert-OH is 1. The van der Waals surface area contributed by atoms with Crippen LogP contribution in [0.25, 0.3) is 0 Å². The predicted octanol–water partition coefficient (Wildman–Crippen LogP) is 2.82. The Morgan fingerprint density at radius 2 is 1.79 bits per heavy atom. The molecule has 1 spiro atoms. The van der Waals surface area contributed by atoms with Gasteiger partial charge < -0.3 is 10.0 Å². The van der Waals surface area contributed by atoms with Gasteiger partial charge in [-0.05, 0) is 69.0 Å². The molecule has 3 fully saturated rings. The first-order valence-electron chi connectivity index (χ1n) is 9.43. The molecule has 0 amide bonds. The average Bonchev–Trinajstić information content (AvgIpc) is 3.01. The summed E-state index contributed by atoms with van der Waals surface area (Å²) in [7, 11) is 0. The fourth-order valence-corrected chi connectivity index (χ4v) is 4.92. The molecule has 0 unspecified atom stereocenters. The minimum Gasteiger partial charge on any atom is -0.393 e. The first kappa shape index (κ1) is 16.3. The summed E-state index contributed by atoms with van der Waals surface area (Å²) in [6, 6.07) is 3.82. The minimum atomic E-state index is -0.206. The molecule has 1 N–H and O–H groups in total. The second kappa shape index (κ2) is 6.60. The van der Waals surface area contributed by atoms with Gasteiger partial charge in [0.05, 0.1) is 6.10 Å². The van der Waals surface area contributed by atoms with E-state index >= 15 is 0 Å². The van der Waals surface area contributed by atoms with E-state index in [-0.39, 0.29) is 11.9 Å². The van der Waals surface area contributed by atoms with Gasteiger partial charge in [-0.3, -0.25) is 4.90 Å². The first-order valence-corrected chi connectivity index (χ1v) is 9.43. The fraction of sp³-hybridized carbons (Fsp3) is 0.737. The molecular weight excluding hydrogens is 305 g/mol. The molecule has 0 atom stereocenters. The SMILES string of the molecule is OC1CCC(N2CCC3(CCN(c4ncccc4F)CC3)C2)CC1. The molecule has 0 bridgehead atoms. The molecular formula is C19H28FN3O. The average molecular weight is 333 g/mol. The van der Waals surface area contributed by atoms with Gasteiger partial charge in [0.1, 0.15) is 0 Å². The highest BCUT2D eigenvalue weighted by molar-refractivity contribution is 5.40. The van der Waals surface area contributed by atoms with E-state index in [0.29, 0.717) is 17.3 Å². The fourth-order valence-electron chi connectivity index (χ4n) is 4.92. The molecule has 132 valence electrons. The Bertz CT molecular complexity index is 565. The molecule has 1 saturated carbocycles. The van der Waals surface area contributed by atoms with Crippen molar-refractivity contribution in [2.45, 2.75) is 57.1 Å². The van der Waals surface area contributed by atoms with Gasteiger partial charge in [-0.2, -0.15) is 0 Å². The van der Waals surface area contributed by atoms with Crippen LogP contribution in [0.15, 0.2) is 18.3 Å². The summed E-state index contributed by atoms with van der Waals surface area (Å²) in [6.07, 6.45) is 9.34. The number of anilines is 1. The van der Waals surface area contributed by atoms with Crippen LogP contribution in [0.5, 0.6) is 0 Å². The molecule has 1 aliphatic carbocycles. The number of pyridine rings is 1. The lowest BCUT2D eigenvalue weighted by atomic mass is 9.77. The van der Waals surface area contributed by atoms with E-state index in [1.54, 1.807) is 12.3 Å². The molecule has 3 aliphatic rings. The van der Waals surface area contributed by atoms with Gasteiger partial charge in [0.25, 0.3) is 0 Å². The van der Waals surface area contributed by atoms with Crippen LogP contribution in [-0.4, -0.2) is 53.3 Å². The summed E-state index contributed by atoms with van der Waals surface area (Å²) in [6.45, 7) is 4.20. The third kappa shape index (κ3) is 3.16. The van der Waals surface area contributed by atoms with Gasteiger partial charge in [-0.25, -0.2) is 9.37 Å². The quantitative estimate of drug-likeness (QED) is 0.903. The van der Waals surface area contributed by atoms with E-state index < -0.39 is 0 Å². The summed E-state index contributed by atoms with van der Waals surface area (Å²) in [4.78, 5) is 9.01. The Morgan fingerprint density at radius 3 is 2.50 bits per heavy atom. The monoisotopic (exact) mass is 333 g/mol. The number of piperidine rings is 1. The van der Waals surface area contributed by atoms with Crippen molar-refractivity contribution in [2.24, 2.45) is 5.41 Å². The van der Waals surface area contributed by atoms with Crippen LogP contribution in [0.4, 0.5) is 10.2 Å². The number of hydrogen-bond donors (Lipinski definition) is 1. The molecule has 4 rings (SSSR count). The largest absolute Gasteiger partial charge is 0.393 e. The van der Waals surface area contributed by atoms with Crippen LogP contribution in [0, 0.1) is 11.2 Å². The molecule has 1 aromatic heterocycles. The maximum atomic E-state index is 13.9. The zero-order valence-corrected chi connectivity index (χ0v) is 14.3. The number of hydrogen-bond acceptors (Lipinski definition) is 4. The topological polar surface area (TPSA) is 39.6 Å². The molecule has 5 heteroatoms. The predicted molar refractivity (Wildman–Crippen MR) is 92.5 cm³/mol. The van der Waals surface area contributed by atoms with E-state index in [1.807, 2.05) is 0 Å². The lowest BCUT2D eigenvalue weighted by Crippen LogP contribution is -2.44. The molecule has 2 saturated heterocycles. The van der Waals surface area contributed by atoms with E-state index in [2.05, 4.69) is 14.8 Å². The van der Waals surface area contributed by atoms with Crippen LogP contribution in [0.1, 0.15) is 44.9 Å². The molecule has 0 radical (unpaired) electrons. The van der Waals surface area contributed by atoms with Crippen molar-refractivity contribution >= 4 is 5.82 Å². The zero-order valence-electron chi connectivity index (χ0n) is 14.3. The van der Waals surface area contributed by atoms with E-state index in [0.717, 1.165) is 51.6 Å². The second-order valence-corrected chi connectivity index (χ2v) is 7.98. The Labute approximate surface area is 143 Å². The lowest BCUT2D eigenvalue weighted by Gasteiger charge is -2.41. The van der Waals surface area contributed by atoms with Crippen LogP contribution in [0.2, 0.25) is 0 Å². The van der Waals surface area contributed by atoms with Crippen LogP contribution < -0.4 is 4.90 Å². The Morgan fingerprint density at radius 1 is 1.08 bits per heavy atom. The van der Waals surface area contributed by atoms with Gasteiger partial charge in [0.2, 0.25) is 0 Å². The van der Waals surface area contributed by atoms with Gasteiger partial charge in [0, 0.05) is 31.9 Å². The maximum absolute atomic E-state index is 13.9. The zero-order chi connectivity index (χ0) is 16.6. The number of aliphatic hydroxyl groups is 1. The van der Waals surface area contributed by atoms with Crippen LogP contribution in [0.3, 0.4) is 0 Å². The summed E-state index contributed by atoms with van der Waals surface area (Å²) >= 11 is 0. The lowest BCUT2D eigenvalue weighted by molar-refractivity contribution is 0.0762. The van der Waals surface area contributed by atoms with Gasteiger partial charge in [-0.1, -0.05) is 0 Å². The molecule has 24 heavy (non-hydrogen) atoms. The van der Waals surface area contributed by atoms with Crippen molar-refractivity contribution in [3.05, 3.63) is 24.1 Å². The number of nitrogens with zero attached hydrogens (tertiary/aromatic N) is 3. The highest BCUT2D eigenvalue weighted by Crippen LogP contribution is 2.43. The number of halogens is 1. The smallest absolute Gasteiger partial charge is 0.165 e. The summed E-state index contributed by atoms with van der Waals surface area (Å²) in [5.41, 5.74) is 0.415. The third-order valence-electron chi connectivity index (χ3n) is 6.51. The summed E-state index contributed by atoms with van der Waals surface area (Å²) in [5.74, 6) is 0.311. The summed E-state index contributed by atoms with van der Waals surface area (Å²) in [5, 5.41) is 9.71. The molecule has 4 nitrogen and oxygen atoms in total. The van der Waals surface area contributed by atoms with Crippen LogP contribution in [-0.2, 0) is 0 Å². The second-order valence-electron chi connectivity index (χ2n) is 7.98. The number of likely N-dealkylation sites (tertiary alicyclic amines) is 1. The Hall–Kier alpha value is -1.20. The summed E-state index contributed by atoms with van der Waals surface area (Å²) < 4.78 is 13.9. The Balaban J connectivity index is 1.35. The molecule has 2 aliphatic heterocycles. The highest BCUT2D eigenvalue weighted by Gasteiger charge is 2.43. The Kier molecular flexibility index (Phi) is 4.48. The molecule has 3 heterocycles. The van der Waals surface area contributed by atoms with Crippen LogP contribution >= 0.6 is 0 Å². The van der Waals surface area contributed by atoms with Crippen molar-refractivity contribution in [3.63, 3.8) is 0 Å². The molecule has 1 aromatic rings. The van der Waals surface area contributed by atoms with E-state index in [4.69, 9.17) is 0 Å². The van der Waals surface area contributed by atoms with E-state index in [9.17, 15) is 9.50 Å². The minimum absolute atomic E-state index is 0.0747. The van der Waals surface area contributed by atoms with Gasteiger partial charge in [0.15, 0.2) is 11.6 Å². The maximum Gasteiger partial charge on any atom is 0.165 e. The van der Waals surface area contributed by atoms with Crippen molar-refractivity contribution in [2.75, 3.05) is 31.1 Å². The number of rotatable bonds is 2. The molecule has 0 aromatic carbocycles. The number of aromatic nitrogens is 1. The first-order chi connectivity index (χ1) is 11.7. The normalized spacial score (nSPS) is 30.8. The van der Waals surface area contributed by atoms with E-state index in [1.165, 1.54) is 25.6 Å². The standard InChI is InChI=1S/C19H28FN3O/c20-17-2-1-10-21-18(17)22-11-7-19(8-12-22)9-13-23(14-19)15-3-5-16(24)6-4-15/h1-2,10,15-16,24H,3-9,11-14H2. The van der Waals surface area contributed by atoms with Crippen molar-refractivity contribution in [1.82, 2.24) is 9.88 Å². The van der Waals surface area contributed by atoms with Crippen molar-refractivity contribution in [3.8, 4) is 0 Å². The van der Waals surface area contributed by atoms with Gasteiger partial charge >= 0.3 is 0 Å². The van der Waals surface area contributed by atoms with Crippen molar-refractivity contribution in [1.29, 1.82) is 0 Å². The van der Waals surface area contributed by atoms with Crippen molar-refractivity contribution < 1.29 is 9.50 Å². The van der Waals surface area contributed by atoms with Gasteiger partial charge in [-0.15, -0.1) is 0 Å². The third-order valence-corrected chi connectivity index (χ3v) is 6.51.